The van der Waals surface area contributed by atoms with E-state index in [9.17, 15) is 23.1 Å². The third-order valence-corrected chi connectivity index (χ3v) is 5.78. The Morgan fingerprint density at radius 2 is 1.64 bits per heavy atom. The monoisotopic (exact) mass is 502 g/mol. The lowest BCUT2D eigenvalue weighted by molar-refractivity contribution is -0.209. The molecule has 6 nitrogen and oxygen atoms in total. The van der Waals surface area contributed by atoms with Gasteiger partial charge in [0.05, 0.1) is 12.6 Å². The molecule has 0 aliphatic rings. The molecule has 0 bridgehead atoms. The molecule has 0 aromatic heterocycles. The second kappa shape index (κ2) is 12.5. The van der Waals surface area contributed by atoms with Crippen LogP contribution >= 0.6 is 0 Å². The molecule has 2 atom stereocenters. The summed E-state index contributed by atoms with van der Waals surface area (Å²) in [5.74, 6) is 0. The number of ether oxygens (including phenoxy) is 2. The van der Waals surface area contributed by atoms with Crippen molar-refractivity contribution in [3.8, 4) is 0 Å². The topological polar surface area (TPSA) is 79.8 Å². The number of aliphatic hydroxyl groups excluding tert-OH is 1. The summed E-state index contributed by atoms with van der Waals surface area (Å²) in [6, 6.07) is 21.9. The van der Waals surface area contributed by atoms with Crippen LogP contribution in [-0.4, -0.2) is 37.7 Å². The molecule has 192 valence electrons. The molecule has 0 fully saturated rings. The number of alkyl halides is 3. The number of aliphatic hydroxyl groups is 1. The maximum absolute atomic E-state index is 14.8. The highest BCUT2D eigenvalue weighted by molar-refractivity contribution is 5.84. The SMILES string of the molecule is COCCC(NC(CO)c1ccccc1)(c1cccc(NC(=O)OCc2ccccc2)c1)C(F)(F)F. The van der Waals surface area contributed by atoms with Gasteiger partial charge in [-0.05, 0) is 28.8 Å². The van der Waals surface area contributed by atoms with Gasteiger partial charge in [-0.1, -0.05) is 72.8 Å². The molecular formula is C27H29F3N2O4. The van der Waals surface area contributed by atoms with E-state index in [2.05, 4.69) is 10.6 Å². The van der Waals surface area contributed by atoms with Crippen LogP contribution in [-0.2, 0) is 21.6 Å². The van der Waals surface area contributed by atoms with E-state index in [0.717, 1.165) is 5.56 Å². The summed E-state index contributed by atoms with van der Waals surface area (Å²) in [6.07, 6.45) is -6.02. The van der Waals surface area contributed by atoms with Gasteiger partial charge in [0.2, 0.25) is 0 Å². The number of nitrogens with one attached hydrogen (secondary N) is 2. The molecule has 0 spiro atoms. The van der Waals surface area contributed by atoms with E-state index in [-0.39, 0.29) is 24.5 Å². The minimum atomic E-state index is -4.76. The van der Waals surface area contributed by atoms with Crippen LogP contribution in [0.5, 0.6) is 0 Å². The first kappa shape index (κ1) is 27.2. The van der Waals surface area contributed by atoms with Crippen LogP contribution in [0.15, 0.2) is 84.9 Å². The van der Waals surface area contributed by atoms with Gasteiger partial charge in [0.25, 0.3) is 0 Å². The number of hydrogen-bond acceptors (Lipinski definition) is 5. The molecule has 3 rings (SSSR count). The number of carbonyl (C=O) groups excluding carboxylic acids is 1. The molecular weight excluding hydrogens is 473 g/mol. The summed E-state index contributed by atoms with van der Waals surface area (Å²) in [5.41, 5.74) is -1.29. The molecule has 0 heterocycles. The Labute approximate surface area is 208 Å². The van der Waals surface area contributed by atoms with Crippen molar-refractivity contribution in [3.05, 3.63) is 102 Å². The zero-order valence-electron chi connectivity index (χ0n) is 19.8. The summed E-state index contributed by atoms with van der Waals surface area (Å²) in [6.45, 7) is -0.738. The Kier molecular flexibility index (Phi) is 9.46. The van der Waals surface area contributed by atoms with Crippen molar-refractivity contribution in [1.29, 1.82) is 0 Å². The standard InChI is InChI=1S/C27H29F3N2O4/c1-35-16-15-26(27(28,29)30,32-24(18-33)21-11-6-3-7-12-21)22-13-8-14-23(17-22)31-25(34)36-19-20-9-4-2-5-10-20/h2-14,17,24,32-33H,15-16,18-19H2,1H3,(H,31,34). The fourth-order valence-electron chi connectivity index (χ4n) is 3.90. The molecule has 3 aromatic rings. The van der Waals surface area contributed by atoms with E-state index < -0.39 is 36.9 Å². The Morgan fingerprint density at radius 1 is 0.972 bits per heavy atom. The predicted molar refractivity (Wildman–Crippen MR) is 130 cm³/mol. The summed E-state index contributed by atoms with van der Waals surface area (Å²) < 4.78 is 54.6. The Morgan fingerprint density at radius 3 is 2.25 bits per heavy atom. The fraction of sp³-hybridized carbons (Fsp3) is 0.296. The maximum Gasteiger partial charge on any atom is 0.411 e. The van der Waals surface area contributed by atoms with Gasteiger partial charge in [-0.3, -0.25) is 10.6 Å². The normalized spacial score (nSPS) is 14.0. The van der Waals surface area contributed by atoms with E-state index in [1.807, 2.05) is 6.07 Å². The molecule has 0 aliphatic heterocycles. The van der Waals surface area contributed by atoms with E-state index in [1.54, 1.807) is 54.6 Å². The molecule has 0 saturated heterocycles. The van der Waals surface area contributed by atoms with E-state index in [0.29, 0.717) is 5.56 Å². The van der Waals surface area contributed by atoms with Crippen molar-refractivity contribution in [1.82, 2.24) is 5.32 Å². The molecule has 2 unspecified atom stereocenters. The van der Waals surface area contributed by atoms with E-state index in [4.69, 9.17) is 9.47 Å². The van der Waals surface area contributed by atoms with Crippen LogP contribution in [0.2, 0.25) is 0 Å². The van der Waals surface area contributed by atoms with Gasteiger partial charge < -0.3 is 14.6 Å². The van der Waals surface area contributed by atoms with Crippen LogP contribution in [0.4, 0.5) is 23.7 Å². The number of halogens is 3. The minimum absolute atomic E-state index is 0.0174. The molecule has 9 heteroatoms. The van der Waals surface area contributed by atoms with Crippen LogP contribution in [0.25, 0.3) is 0 Å². The quantitative estimate of drug-likeness (QED) is 0.320. The van der Waals surface area contributed by atoms with Gasteiger partial charge in [0, 0.05) is 25.8 Å². The molecule has 36 heavy (non-hydrogen) atoms. The Hall–Kier alpha value is -3.40. The number of rotatable bonds is 11. The first-order chi connectivity index (χ1) is 17.3. The molecule has 0 saturated carbocycles. The van der Waals surface area contributed by atoms with Crippen LogP contribution in [0.3, 0.4) is 0 Å². The van der Waals surface area contributed by atoms with Gasteiger partial charge in [0.1, 0.15) is 12.1 Å². The molecule has 0 radical (unpaired) electrons. The molecule has 1 amide bonds. The highest BCUT2D eigenvalue weighted by Gasteiger charge is 2.56. The van der Waals surface area contributed by atoms with E-state index in [1.165, 1.54) is 31.4 Å². The number of hydrogen-bond donors (Lipinski definition) is 3. The fourth-order valence-corrected chi connectivity index (χ4v) is 3.90. The van der Waals surface area contributed by atoms with Crippen molar-refractivity contribution in [2.45, 2.75) is 30.8 Å². The summed E-state index contributed by atoms with van der Waals surface area (Å²) >= 11 is 0. The first-order valence-corrected chi connectivity index (χ1v) is 11.4. The van der Waals surface area contributed by atoms with Crippen LogP contribution in [0, 0.1) is 0 Å². The van der Waals surface area contributed by atoms with Gasteiger partial charge in [0.15, 0.2) is 0 Å². The minimum Gasteiger partial charge on any atom is -0.444 e. The number of benzene rings is 3. The predicted octanol–water partition coefficient (Wildman–Crippen LogP) is 5.55. The van der Waals surface area contributed by atoms with E-state index >= 15 is 0 Å². The summed E-state index contributed by atoms with van der Waals surface area (Å²) in [4.78, 5) is 12.3. The number of amides is 1. The highest BCUT2D eigenvalue weighted by atomic mass is 19.4. The number of carbonyl (C=O) groups is 1. The van der Waals surface area contributed by atoms with Gasteiger partial charge in [-0.15, -0.1) is 0 Å². The smallest absolute Gasteiger partial charge is 0.411 e. The highest BCUT2D eigenvalue weighted by Crippen LogP contribution is 2.44. The van der Waals surface area contributed by atoms with Crippen molar-refractivity contribution >= 4 is 11.8 Å². The second-order valence-corrected chi connectivity index (χ2v) is 8.20. The Bertz CT molecular complexity index is 1100. The van der Waals surface area contributed by atoms with Crippen LogP contribution < -0.4 is 10.6 Å². The number of methoxy groups -OCH3 is 1. The summed E-state index contributed by atoms with van der Waals surface area (Å²) in [7, 11) is 1.32. The van der Waals surface area contributed by atoms with Crippen molar-refractivity contribution in [2.75, 3.05) is 25.6 Å². The third-order valence-electron chi connectivity index (χ3n) is 5.78. The lowest BCUT2D eigenvalue weighted by atomic mass is 9.84. The molecule has 0 aliphatic carbocycles. The third kappa shape index (κ3) is 6.84. The average molecular weight is 503 g/mol. The largest absolute Gasteiger partial charge is 0.444 e. The van der Waals surface area contributed by atoms with Crippen LogP contribution in [0.1, 0.15) is 29.2 Å². The van der Waals surface area contributed by atoms with Crippen molar-refractivity contribution in [3.63, 3.8) is 0 Å². The first-order valence-electron chi connectivity index (χ1n) is 11.4. The Balaban J connectivity index is 1.89. The maximum atomic E-state index is 14.8. The zero-order valence-corrected chi connectivity index (χ0v) is 19.8. The lowest BCUT2D eigenvalue weighted by Crippen LogP contribution is -2.56. The molecule has 3 N–H and O–H groups in total. The lowest BCUT2D eigenvalue weighted by Gasteiger charge is -2.40. The van der Waals surface area contributed by atoms with Gasteiger partial charge >= 0.3 is 12.3 Å². The molecule has 3 aromatic carbocycles. The second-order valence-electron chi connectivity index (χ2n) is 8.20. The van der Waals surface area contributed by atoms with Gasteiger partial charge in [-0.2, -0.15) is 13.2 Å². The summed E-state index contributed by atoms with van der Waals surface area (Å²) in [5, 5.41) is 15.1. The number of anilines is 1. The zero-order chi connectivity index (χ0) is 26.0. The van der Waals surface area contributed by atoms with Gasteiger partial charge in [-0.25, -0.2) is 4.79 Å². The average Bonchev–Trinajstić information content (AvgIpc) is 2.88. The van der Waals surface area contributed by atoms with Crippen molar-refractivity contribution in [2.24, 2.45) is 0 Å². The van der Waals surface area contributed by atoms with Crippen molar-refractivity contribution < 1.29 is 32.5 Å².